The van der Waals surface area contributed by atoms with Crippen molar-refractivity contribution in [2.45, 2.75) is 38.6 Å². The summed E-state index contributed by atoms with van der Waals surface area (Å²) < 4.78 is 13.6. The number of halogens is 1. The summed E-state index contributed by atoms with van der Waals surface area (Å²) in [5, 5.41) is 3.36. The van der Waals surface area contributed by atoms with E-state index >= 15 is 0 Å². The lowest BCUT2D eigenvalue weighted by Gasteiger charge is -2.18. The van der Waals surface area contributed by atoms with E-state index in [9.17, 15) is 4.39 Å². The minimum absolute atomic E-state index is 0.147. The number of hydrogen-bond acceptors (Lipinski definition) is 2. The highest BCUT2D eigenvalue weighted by molar-refractivity contribution is 5.17. The van der Waals surface area contributed by atoms with E-state index in [1.165, 1.54) is 25.5 Å². The quantitative estimate of drug-likeness (QED) is 0.800. The molecule has 1 atom stereocenters. The minimum Gasteiger partial charge on any atom is -0.310 e. The molecule has 1 saturated carbocycles. The standard InChI is InChI=1S/C13H19FN2/c1-2-16-13(6-5-10-3-4-10)11-7-8-15-9-12(11)14/h7-10,13,16H,2-6H2,1H3. The number of nitrogens with zero attached hydrogens (tertiary/aromatic N) is 1. The van der Waals surface area contributed by atoms with Crippen LogP contribution in [0.4, 0.5) is 4.39 Å². The molecule has 88 valence electrons. The van der Waals surface area contributed by atoms with E-state index in [0.29, 0.717) is 0 Å². The van der Waals surface area contributed by atoms with Crippen LogP contribution >= 0.6 is 0 Å². The summed E-state index contributed by atoms with van der Waals surface area (Å²) in [5.41, 5.74) is 0.762. The minimum atomic E-state index is -0.191. The maximum Gasteiger partial charge on any atom is 0.146 e. The van der Waals surface area contributed by atoms with Crippen molar-refractivity contribution in [2.24, 2.45) is 5.92 Å². The molecule has 1 aromatic rings. The van der Waals surface area contributed by atoms with Crippen molar-refractivity contribution in [3.63, 3.8) is 0 Å². The van der Waals surface area contributed by atoms with Gasteiger partial charge in [-0.1, -0.05) is 19.8 Å². The second kappa shape index (κ2) is 5.39. The molecule has 2 nitrogen and oxygen atoms in total. The van der Waals surface area contributed by atoms with Gasteiger partial charge in [-0.25, -0.2) is 4.39 Å². The predicted octanol–water partition coefficient (Wildman–Crippen LogP) is 3.06. The highest BCUT2D eigenvalue weighted by Crippen LogP contribution is 2.36. The molecule has 1 aromatic heterocycles. The number of hydrogen-bond donors (Lipinski definition) is 1. The zero-order valence-electron chi connectivity index (χ0n) is 9.75. The summed E-state index contributed by atoms with van der Waals surface area (Å²) in [6, 6.07) is 1.93. The van der Waals surface area contributed by atoms with Crippen LogP contribution in [0.2, 0.25) is 0 Å². The summed E-state index contributed by atoms with van der Waals surface area (Å²) >= 11 is 0. The monoisotopic (exact) mass is 222 g/mol. The van der Waals surface area contributed by atoms with Crippen molar-refractivity contribution >= 4 is 0 Å². The van der Waals surface area contributed by atoms with Gasteiger partial charge in [0, 0.05) is 17.8 Å². The zero-order chi connectivity index (χ0) is 11.4. The zero-order valence-corrected chi connectivity index (χ0v) is 9.75. The smallest absolute Gasteiger partial charge is 0.146 e. The molecule has 0 radical (unpaired) electrons. The van der Waals surface area contributed by atoms with Crippen LogP contribution in [-0.4, -0.2) is 11.5 Å². The van der Waals surface area contributed by atoms with Gasteiger partial charge in [-0.3, -0.25) is 4.98 Å². The molecule has 0 aliphatic heterocycles. The highest BCUT2D eigenvalue weighted by Gasteiger charge is 2.23. The van der Waals surface area contributed by atoms with E-state index in [1.807, 2.05) is 0 Å². The van der Waals surface area contributed by atoms with Gasteiger partial charge >= 0.3 is 0 Å². The van der Waals surface area contributed by atoms with Crippen LogP contribution in [-0.2, 0) is 0 Å². The van der Waals surface area contributed by atoms with Gasteiger partial charge in [0.05, 0.1) is 6.20 Å². The maximum atomic E-state index is 13.6. The molecule has 1 unspecified atom stereocenters. The van der Waals surface area contributed by atoms with Gasteiger partial charge in [0.25, 0.3) is 0 Å². The van der Waals surface area contributed by atoms with Crippen molar-refractivity contribution in [1.29, 1.82) is 0 Å². The van der Waals surface area contributed by atoms with Gasteiger partial charge in [-0.15, -0.1) is 0 Å². The number of rotatable bonds is 6. The summed E-state index contributed by atoms with van der Waals surface area (Å²) in [4.78, 5) is 3.79. The predicted molar refractivity (Wildman–Crippen MR) is 62.6 cm³/mol. The first kappa shape index (κ1) is 11.5. The fraction of sp³-hybridized carbons (Fsp3) is 0.615. The molecular weight excluding hydrogens is 203 g/mol. The van der Waals surface area contributed by atoms with Gasteiger partial charge in [-0.2, -0.15) is 0 Å². The van der Waals surface area contributed by atoms with Crippen LogP contribution in [0, 0.1) is 11.7 Å². The second-order valence-corrected chi connectivity index (χ2v) is 4.53. The third kappa shape index (κ3) is 3.01. The number of pyridine rings is 1. The fourth-order valence-corrected chi connectivity index (χ4v) is 2.09. The van der Waals surface area contributed by atoms with Crippen LogP contribution in [0.25, 0.3) is 0 Å². The third-order valence-corrected chi connectivity index (χ3v) is 3.19. The lowest BCUT2D eigenvalue weighted by atomic mass is 10.0. The van der Waals surface area contributed by atoms with Crippen molar-refractivity contribution in [1.82, 2.24) is 10.3 Å². The number of aromatic nitrogens is 1. The molecule has 0 bridgehead atoms. The Hall–Kier alpha value is -0.960. The summed E-state index contributed by atoms with van der Waals surface area (Å²) in [7, 11) is 0. The molecule has 0 spiro atoms. The van der Waals surface area contributed by atoms with Gasteiger partial charge in [0.15, 0.2) is 0 Å². The van der Waals surface area contributed by atoms with Gasteiger partial charge in [0.1, 0.15) is 5.82 Å². The highest BCUT2D eigenvalue weighted by atomic mass is 19.1. The fourth-order valence-electron chi connectivity index (χ4n) is 2.09. The van der Waals surface area contributed by atoms with E-state index in [1.54, 1.807) is 12.3 Å². The molecule has 0 saturated heterocycles. The van der Waals surface area contributed by atoms with Crippen LogP contribution in [0.15, 0.2) is 18.5 Å². The molecule has 1 N–H and O–H groups in total. The van der Waals surface area contributed by atoms with Crippen LogP contribution in [0.1, 0.15) is 44.2 Å². The van der Waals surface area contributed by atoms with Crippen molar-refractivity contribution in [3.8, 4) is 0 Å². The average Bonchev–Trinajstić information content (AvgIpc) is 3.09. The Kier molecular flexibility index (Phi) is 3.88. The maximum absolute atomic E-state index is 13.6. The first-order chi connectivity index (χ1) is 7.81. The van der Waals surface area contributed by atoms with E-state index < -0.39 is 0 Å². The first-order valence-corrected chi connectivity index (χ1v) is 6.14. The Labute approximate surface area is 96.3 Å². The van der Waals surface area contributed by atoms with Crippen molar-refractivity contribution < 1.29 is 4.39 Å². The largest absolute Gasteiger partial charge is 0.310 e. The molecule has 1 fully saturated rings. The van der Waals surface area contributed by atoms with E-state index in [2.05, 4.69) is 17.2 Å². The lowest BCUT2D eigenvalue weighted by molar-refractivity contribution is 0.459. The molecule has 1 aliphatic rings. The van der Waals surface area contributed by atoms with Crippen LogP contribution < -0.4 is 5.32 Å². The molecule has 3 heteroatoms. The molecule has 1 heterocycles. The average molecular weight is 222 g/mol. The first-order valence-electron chi connectivity index (χ1n) is 6.14. The van der Waals surface area contributed by atoms with Crippen LogP contribution in [0.3, 0.4) is 0 Å². The van der Waals surface area contributed by atoms with Gasteiger partial charge in [0.2, 0.25) is 0 Å². The Balaban J connectivity index is 2.01. The third-order valence-electron chi connectivity index (χ3n) is 3.19. The lowest BCUT2D eigenvalue weighted by Crippen LogP contribution is -2.22. The molecule has 0 aromatic carbocycles. The molecule has 16 heavy (non-hydrogen) atoms. The van der Waals surface area contributed by atoms with E-state index in [0.717, 1.165) is 24.4 Å². The Morgan fingerprint density at radius 2 is 2.38 bits per heavy atom. The van der Waals surface area contributed by atoms with E-state index in [4.69, 9.17) is 0 Å². The van der Waals surface area contributed by atoms with Crippen molar-refractivity contribution in [3.05, 3.63) is 29.8 Å². The number of nitrogens with one attached hydrogen (secondary N) is 1. The summed E-state index contributed by atoms with van der Waals surface area (Å²) in [5.74, 6) is 0.704. The summed E-state index contributed by atoms with van der Waals surface area (Å²) in [6.45, 7) is 2.93. The SMILES string of the molecule is CCNC(CCC1CC1)c1ccncc1F. The van der Waals surface area contributed by atoms with Crippen molar-refractivity contribution in [2.75, 3.05) is 6.54 Å². The summed E-state index contributed by atoms with van der Waals surface area (Å²) in [6.07, 6.45) is 7.92. The second-order valence-electron chi connectivity index (χ2n) is 4.53. The Morgan fingerprint density at radius 3 is 3.00 bits per heavy atom. The molecule has 0 amide bonds. The van der Waals surface area contributed by atoms with E-state index in [-0.39, 0.29) is 11.9 Å². The molecule has 1 aliphatic carbocycles. The topological polar surface area (TPSA) is 24.9 Å². The molecular formula is C13H19FN2. The normalized spacial score (nSPS) is 17.4. The Morgan fingerprint density at radius 1 is 1.56 bits per heavy atom. The van der Waals surface area contributed by atoms with Crippen LogP contribution in [0.5, 0.6) is 0 Å². The Bertz CT molecular complexity index is 336. The van der Waals surface area contributed by atoms with Gasteiger partial charge in [-0.05, 0) is 31.4 Å². The molecule has 2 rings (SSSR count). The van der Waals surface area contributed by atoms with Gasteiger partial charge < -0.3 is 5.32 Å².